The number of ether oxygens (including phenoxy) is 1. The van der Waals surface area contributed by atoms with Crippen LogP contribution in [0.15, 0.2) is 24.3 Å². The van der Waals surface area contributed by atoms with Crippen LogP contribution in [0.4, 0.5) is 0 Å². The SMILES string of the molecule is CCc1ccccc1OCC(CBr)C(C)(C)C. The van der Waals surface area contributed by atoms with Gasteiger partial charge in [-0.15, -0.1) is 0 Å². The minimum atomic E-state index is 0.269. The quantitative estimate of drug-likeness (QED) is 0.717. The Morgan fingerprint density at radius 1 is 1.24 bits per heavy atom. The molecule has 0 aliphatic carbocycles. The Morgan fingerprint density at radius 3 is 2.41 bits per heavy atom. The summed E-state index contributed by atoms with van der Waals surface area (Å²) in [6.45, 7) is 9.70. The first kappa shape index (κ1) is 14.6. The second kappa shape index (κ2) is 6.44. The van der Waals surface area contributed by atoms with E-state index in [-0.39, 0.29) is 5.41 Å². The van der Waals surface area contributed by atoms with Crippen molar-refractivity contribution in [3.63, 3.8) is 0 Å². The second-order valence-electron chi connectivity index (χ2n) is 5.49. The van der Waals surface area contributed by atoms with E-state index in [1.54, 1.807) is 0 Å². The molecule has 1 aromatic rings. The topological polar surface area (TPSA) is 9.23 Å². The molecule has 1 rings (SSSR count). The van der Waals surface area contributed by atoms with Crippen LogP contribution in [0, 0.1) is 11.3 Å². The van der Waals surface area contributed by atoms with E-state index in [0.29, 0.717) is 5.92 Å². The normalized spacial score (nSPS) is 13.5. The average Bonchev–Trinajstić information content (AvgIpc) is 2.28. The van der Waals surface area contributed by atoms with Crippen LogP contribution in [0.3, 0.4) is 0 Å². The average molecular weight is 299 g/mol. The highest BCUT2D eigenvalue weighted by Crippen LogP contribution is 2.29. The largest absolute Gasteiger partial charge is 0.493 e. The molecule has 0 amide bonds. The summed E-state index contributed by atoms with van der Waals surface area (Å²) in [6, 6.07) is 8.30. The summed E-state index contributed by atoms with van der Waals surface area (Å²) in [4.78, 5) is 0. The van der Waals surface area contributed by atoms with Crippen LogP contribution in [0.2, 0.25) is 0 Å². The molecule has 1 aromatic carbocycles. The van der Waals surface area contributed by atoms with E-state index < -0.39 is 0 Å². The van der Waals surface area contributed by atoms with Crippen molar-refractivity contribution in [1.82, 2.24) is 0 Å². The van der Waals surface area contributed by atoms with Gasteiger partial charge in [0.1, 0.15) is 5.75 Å². The molecule has 0 spiro atoms. The third kappa shape index (κ3) is 4.34. The number of rotatable bonds is 5. The van der Waals surface area contributed by atoms with Crippen molar-refractivity contribution >= 4 is 15.9 Å². The van der Waals surface area contributed by atoms with Crippen LogP contribution < -0.4 is 4.74 Å². The standard InChI is InChI=1S/C15H23BrO/c1-5-12-8-6-7-9-14(12)17-11-13(10-16)15(2,3)4/h6-9,13H,5,10-11H2,1-4H3. The van der Waals surface area contributed by atoms with Gasteiger partial charge in [-0.05, 0) is 23.5 Å². The van der Waals surface area contributed by atoms with Crippen molar-refractivity contribution in [3.8, 4) is 5.75 Å². The Morgan fingerprint density at radius 2 is 1.88 bits per heavy atom. The predicted molar refractivity (Wildman–Crippen MR) is 78.1 cm³/mol. The highest BCUT2D eigenvalue weighted by molar-refractivity contribution is 9.09. The molecule has 0 N–H and O–H groups in total. The van der Waals surface area contributed by atoms with Gasteiger partial charge in [-0.3, -0.25) is 0 Å². The van der Waals surface area contributed by atoms with Gasteiger partial charge in [0.2, 0.25) is 0 Å². The molecule has 2 heteroatoms. The third-order valence-electron chi connectivity index (χ3n) is 3.20. The molecule has 1 nitrogen and oxygen atoms in total. The summed E-state index contributed by atoms with van der Waals surface area (Å²) >= 11 is 3.58. The summed E-state index contributed by atoms with van der Waals surface area (Å²) in [6.07, 6.45) is 1.02. The number of hydrogen-bond acceptors (Lipinski definition) is 1. The van der Waals surface area contributed by atoms with Crippen LogP contribution in [0.1, 0.15) is 33.3 Å². The Hall–Kier alpha value is -0.500. The van der Waals surface area contributed by atoms with Gasteiger partial charge in [0.05, 0.1) is 6.61 Å². The van der Waals surface area contributed by atoms with Crippen molar-refractivity contribution in [2.45, 2.75) is 34.1 Å². The number of hydrogen-bond donors (Lipinski definition) is 0. The van der Waals surface area contributed by atoms with Crippen molar-refractivity contribution < 1.29 is 4.74 Å². The predicted octanol–water partition coefficient (Wildman–Crippen LogP) is 4.69. The van der Waals surface area contributed by atoms with Crippen molar-refractivity contribution in [2.24, 2.45) is 11.3 Å². The number of benzene rings is 1. The van der Waals surface area contributed by atoms with Gasteiger partial charge in [-0.25, -0.2) is 0 Å². The molecular weight excluding hydrogens is 276 g/mol. The lowest BCUT2D eigenvalue weighted by Gasteiger charge is -2.29. The fraction of sp³-hybridized carbons (Fsp3) is 0.600. The van der Waals surface area contributed by atoms with Gasteiger partial charge in [0.15, 0.2) is 0 Å². The minimum absolute atomic E-state index is 0.269. The van der Waals surface area contributed by atoms with Gasteiger partial charge in [0.25, 0.3) is 0 Å². The highest BCUT2D eigenvalue weighted by atomic mass is 79.9. The molecule has 96 valence electrons. The summed E-state index contributed by atoms with van der Waals surface area (Å²) in [5.74, 6) is 1.55. The van der Waals surface area contributed by atoms with Gasteiger partial charge in [0, 0.05) is 11.2 Å². The van der Waals surface area contributed by atoms with Crippen LogP contribution in [0.25, 0.3) is 0 Å². The van der Waals surface area contributed by atoms with Crippen LogP contribution in [-0.2, 0) is 6.42 Å². The Bertz CT molecular complexity index is 341. The van der Waals surface area contributed by atoms with E-state index in [2.05, 4.69) is 61.8 Å². The van der Waals surface area contributed by atoms with E-state index >= 15 is 0 Å². The zero-order chi connectivity index (χ0) is 12.9. The lowest BCUT2D eigenvalue weighted by molar-refractivity contribution is 0.165. The molecular formula is C15H23BrO. The number of halogens is 1. The van der Waals surface area contributed by atoms with Gasteiger partial charge in [-0.2, -0.15) is 0 Å². The molecule has 0 fully saturated rings. The van der Waals surface area contributed by atoms with Crippen LogP contribution >= 0.6 is 15.9 Å². The third-order valence-corrected chi connectivity index (χ3v) is 3.99. The maximum Gasteiger partial charge on any atom is 0.122 e. The first-order chi connectivity index (χ1) is 7.99. The maximum atomic E-state index is 5.98. The Labute approximate surface area is 114 Å². The summed E-state index contributed by atoms with van der Waals surface area (Å²) in [5.41, 5.74) is 1.56. The van der Waals surface area contributed by atoms with Crippen molar-refractivity contribution in [1.29, 1.82) is 0 Å². The summed E-state index contributed by atoms with van der Waals surface area (Å²) in [5, 5.41) is 0.977. The van der Waals surface area contributed by atoms with Crippen molar-refractivity contribution in [2.75, 3.05) is 11.9 Å². The van der Waals surface area contributed by atoms with Gasteiger partial charge < -0.3 is 4.74 Å². The molecule has 0 aromatic heterocycles. The first-order valence-electron chi connectivity index (χ1n) is 6.25. The lowest BCUT2D eigenvalue weighted by atomic mass is 9.83. The van der Waals surface area contributed by atoms with E-state index in [1.807, 2.05) is 6.07 Å². The first-order valence-corrected chi connectivity index (χ1v) is 7.37. The Balaban J connectivity index is 2.66. The van der Waals surface area contributed by atoms with E-state index in [4.69, 9.17) is 4.74 Å². The fourth-order valence-electron chi connectivity index (χ4n) is 1.65. The van der Waals surface area contributed by atoms with E-state index in [0.717, 1.165) is 24.1 Å². The van der Waals surface area contributed by atoms with Crippen LogP contribution in [0.5, 0.6) is 5.75 Å². The number of para-hydroxylation sites is 1. The Kier molecular flexibility index (Phi) is 5.51. The zero-order valence-corrected chi connectivity index (χ0v) is 12.9. The second-order valence-corrected chi connectivity index (χ2v) is 6.14. The van der Waals surface area contributed by atoms with E-state index in [9.17, 15) is 0 Å². The van der Waals surface area contributed by atoms with Crippen LogP contribution in [-0.4, -0.2) is 11.9 Å². The summed E-state index contributed by atoms with van der Waals surface area (Å²) in [7, 11) is 0. The van der Waals surface area contributed by atoms with Gasteiger partial charge in [-0.1, -0.05) is 61.8 Å². The monoisotopic (exact) mass is 298 g/mol. The number of alkyl halides is 1. The smallest absolute Gasteiger partial charge is 0.122 e. The van der Waals surface area contributed by atoms with Gasteiger partial charge >= 0.3 is 0 Å². The summed E-state index contributed by atoms with van der Waals surface area (Å²) < 4.78 is 5.98. The van der Waals surface area contributed by atoms with E-state index in [1.165, 1.54) is 5.56 Å². The maximum absolute atomic E-state index is 5.98. The lowest BCUT2D eigenvalue weighted by Crippen LogP contribution is -2.28. The molecule has 0 radical (unpaired) electrons. The fourth-order valence-corrected chi connectivity index (χ4v) is 2.81. The molecule has 0 saturated heterocycles. The molecule has 0 saturated carbocycles. The molecule has 0 bridgehead atoms. The van der Waals surface area contributed by atoms with Crippen molar-refractivity contribution in [3.05, 3.63) is 29.8 Å². The molecule has 0 aliphatic heterocycles. The molecule has 1 unspecified atom stereocenters. The molecule has 1 atom stereocenters. The number of aryl methyl sites for hydroxylation is 1. The molecule has 0 aliphatic rings. The molecule has 0 heterocycles. The minimum Gasteiger partial charge on any atom is -0.493 e. The zero-order valence-electron chi connectivity index (χ0n) is 11.3. The molecule has 17 heavy (non-hydrogen) atoms. The highest BCUT2D eigenvalue weighted by Gasteiger charge is 2.24.